The van der Waals surface area contributed by atoms with E-state index in [0.717, 1.165) is 4.31 Å². The van der Waals surface area contributed by atoms with E-state index in [-0.39, 0.29) is 50.0 Å². The second-order valence-electron chi connectivity index (χ2n) is 8.71. The average Bonchev–Trinajstić information content (AvgIpc) is 3.03. The molecular formula is C24H28FN3O7S. The molecule has 2 aliphatic heterocycles. The number of ketones is 1. The minimum atomic E-state index is -3.90. The van der Waals surface area contributed by atoms with Crippen LogP contribution in [-0.4, -0.2) is 65.8 Å². The molecule has 10 nitrogen and oxygen atoms in total. The number of sulfonamides is 1. The van der Waals surface area contributed by atoms with Crippen molar-refractivity contribution >= 4 is 15.8 Å². The maximum absolute atomic E-state index is 13.8. The van der Waals surface area contributed by atoms with Crippen molar-refractivity contribution < 1.29 is 32.2 Å². The SMILES string of the molecule is CC[C@H]1COCC2c3nc(c(O)c(=O)n31)C(=O)CCc1ccc(F)cc1OC/C=C\CS(=O)(=O)N2C. The van der Waals surface area contributed by atoms with Gasteiger partial charge < -0.3 is 14.6 Å². The van der Waals surface area contributed by atoms with Crippen LogP contribution in [0.2, 0.25) is 0 Å². The molecule has 0 fully saturated rings. The van der Waals surface area contributed by atoms with Gasteiger partial charge in [0.15, 0.2) is 11.5 Å². The summed E-state index contributed by atoms with van der Waals surface area (Å²) >= 11 is 0. The lowest BCUT2D eigenvalue weighted by atomic mass is 10.0. The van der Waals surface area contributed by atoms with Crippen molar-refractivity contribution in [1.82, 2.24) is 13.9 Å². The lowest BCUT2D eigenvalue weighted by Crippen LogP contribution is -2.39. The number of hydrogen-bond donors (Lipinski definition) is 1. The molecular weight excluding hydrogens is 493 g/mol. The average molecular weight is 522 g/mol. The maximum Gasteiger partial charge on any atom is 0.296 e. The van der Waals surface area contributed by atoms with E-state index in [2.05, 4.69) is 4.98 Å². The highest BCUT2D eigenvalue weighted by Crippen LogP contribution is 2.30. The largest absolute Gasteiger partial charge is 0.501 e. The van der Waals surface area contributed by atoms with Crippen molar-refractivity contribution in [1.29, 1.82) is 0 Å². The summed E-state index contributed by atoms with van der Waals surface area (Å²) in [6.07, 6.45) is 3.40. The summed E-state index contributed by atoms with van der Waals surface area (Å²) in [4.78, 5) is 30.7. The number of likely N-dealkylation sites (N-methyl/N-ethyl adjacent to an activating group) is 1. The molecule has 1 N–H and O–H groups in total. The maximum atomic E-state index is 13.8. The Bertz CT molecular complexity index is 1360. The Morgan fingerprint density at radius 1 is 1.19 bits per heavy atom. The lowest BCUT2D eigenvalue weighted by molar-refractivity contribution is 0.0860. The molecule has 2 bridgehead atoms. The van der Waals surface area contributed by atoms with E-state index in [4.69, 9.17) is 9.47 Å². The number of aromatic nitrogens is 2. The van der Waals surface area contributed by atoms with Crippen LogP contribution in [0.1, 0.15) is 53.7 Å². The third kappa shape index (κ3) is 5.06. The Balaban J connectivity index is 1.87. The normalized spacial score (nSPS) is 23.8. The zero-order valence-electron chi connectivity index (χ0n) is 20.0. The molecule has 36 heavy (non-hydrogen) atoms. The Morgan fingerprint density at radius 3 is 2.72 bits per heavy atom. The molecule has 3 heterocycles. The molecule has 0 spiro atoms. The highest BCUT2D eigenvalue weighted by Gasteiger charge is 2.36. The number of hydrogen-bond acceptors (Lipinski definition) is 8. The van der Waals surface area contributed by atoms with Crippen molar-refractivity contribution in [2.24, 2.45) is 0 Å². The predicted molar refractivity (Wildman–Crippen MR) is 128 cm³/mol. The fraction of sp³-hybridized carbons (Fsp3) is 0.458. The summed E-state index contributed by atoms with van der Waals surface area (Å²) in [6.45, 7) is 1.86. The van der Waals surface area contributed by atoms with Crippen molar-refractivity contribution in [2.45, 2.75) is 38.3 Å². The summed E-state index contributed by atoms with van der Waals surface area (Å²) in [5.41, 5.74) is -0.723. The number of rotatable bonds is 1. The van der Waals surface area contributed by atoms with E-state index in [1.807, 2.05) is 6.92 Å². The highest BCUT2D eigenvalue weighted by molar-refractivity contribution is 7.89. The van der Waals surface area contributed by atoms with Crippen LogP contribution >= 0.6 is 0 Å². The van der Waals surface area contributed by atoms with Crippen LogP contribution in [0.5, 0.6) is 11.5 Å². The van der Waals surface area contributed by atoms with Gasteiger partial charge in [-0.3, -0.25) is 14.2 Å². The molecule has 194 valence electrons. The molecule has 1 aromatic carbocycles. The van der Waals surface area contributed by atoms with E-state index < -0.39 is 50.7 Å². The number of carbonyl (C=O) groups is 1. The quantitative estimate of drug-likeness (QED) is 0.566. The fourth-order valence-corrected chi connectivity index (χ4v) is 5.46. The summed E-state index contributed by atoms with van der Waals surface area (Å²) in [7, 11) is -2.54. The van der Waals surface area contributed by atoms with Gasteiger partial charge in [0, 0.05) is 19.5 Å². The summed E-state index contributed by atoms with van der Waals surface area (Å²) in [6, 6.07) is 2.42. The van der Waals surface area contributed by atoms with Crippen LogP contribution < -0.4 is 10.3 Å². The summed E-state index contributed by atoms with van der Waals surface area (Å²) < 4.78 is 53.7. The van der Waals surface area contributed by atoms with Gasteiger partial charge in [0.05, 0.1) is 25.0 Å². The van der Waals surface area contributed by atoms with E-state index in [9.17, 15) is 27.5 Å². The second-order valence-corrected chi connectivity index (χ2v) is 10.8. The highest BCUT2D eigenvalue weighted by atomic mass is 32.2. The van der Waals surface area contributed by atoms with Gasteiger partial charge in [0.25, 0.3) is 5.56 Å². The van der Waals surface area contributed by atoms with Crippen LogP contribution in [0.3, 0.4) is 0 Å². The molecule has 0 saturated carbocycles. The zero-order chi connectivity index (χ0) is 26.0. The zero-order valence-corrected chi connectivity index (χ0v) is 20.8. The van der Waals surface area contributed by atoms with Crippen molar-refractivity contribution in [3.8, 4) is 11.5 Å². The van der Waals surface area contributed by atoms with Gasteiger partial charge in [-0.1, -0.05) is 25.1 Å². The first-order chi connectivity index (χ1) is 17.1. The standard InChI is InChI=1S/C24H28FN3O7S/c1-3-17-13-34-14-18-23-26-21(22(30)24(31)28(17)23)19(29)9-7-15-6-8-16(25)12-20(15)35-10-4-5-11-36(32,33)27(18)2/h4-6,8,12,17-18,30H,3,7,9-11,13-14H2,1-2H3/b5-4-/t17-,18?/m0/s1. The topological polar surface area (TPSA) is 128 Å². The molecule has 1 aromatic heterocycles. The van der Waals surface area contributed by atoms with Crippen LogP contribution in [0.15, 0.2) is 35.1 Å². The third-order valence-corrected chi connectivity index (χ3v) is 8.19. The molecule has 0 amide bonds. The number of halogens is 1. The van der Waals surface area contributed by atoms with Crippen LogP contribution in [-0.2, 0) is 21.2 Å². The number of fused-ring (bicyclic) bond motifs is 2. The lowest BCUT2D eigenvalue weighted by Gasteiger charge is -2.27. The number of ether oxygens (including phenoxy) is 2. The van der Waals surface area contributed by atoms with E-state index >= 15 is 0 Å². The molecule has 4 rings (SSSR count). The predicted octanol–water partition coefficient (Wildman–Crippen LogP) is 2.14. The first-order valence-electron chi connectivity index (χ1n) is 11.6. The third-order valence-electron chi connectivity index (χ3n) is 6.44. The molecule has 0 radical (unpaired) electrons. The Kier molecular flexibility index (Phi) is 7.57. The van der Waals surface area contributed by atoms with Gasteiger partial charge in [0.1, 0.15) is 30.0 Å². The van der Waals surface area contributed by atoms with Crippen LogP contribution in [0, 0.1) is 5.82 Å². The Labute approximate surface area is 208 Å². The number of aryl methyl sites for hydroxylation is 1. The van der Waals surface area contributed by atoms with Gasteiger partial charge in [-0.25, -0.2) is 17.8 Å². The fourth-order valence-electron chi connectivity index (χ4n) is 4.30. The number of carbonyl (C=O) groups excluding carboxylic acids is 1. The Hall–Kier alpha value is -3.09. The summed E-state index contributed by atoms with van der Waals surface area (Å²) in [5.74, 6) is -2.06. The number of aromatic hydroxyl groups is 1. The first-order valence-corrected chi connectivity index (χ1v) is 13.2. The van der Waals surface area contributed by atoms with Gasteiger partial charge >= 0.3 is 0 Å². The molecule has 2 aromatic rings. The minimum absolute atomic E-state index is 0.00468. The van der Waals surface area contributed by atoms with Gasteiger partial charge in [-0.2, -0.15) is 4.31 Å². The smallest absolute Gasteiger partial charge is 0.296 e. The number of Topliss-reactive ketones (excluding diaryl/α,β-unsaturated/α-hetero) is 1. The van der Waals surface area contributed by atoms with Crippen molar-refractivity contribution in [3.05, 3.63) is 63.6 Å². The summed E-state index contributed by atoms with van der Waals surface area (Å²) in [5, 5.41) is 10.7. The number of benzene rings is 1. The van der Waals surface area contributed by atoms with Crippen molar-refractivity contribution in [3.63, 3.8) is 0 Å². The van der Waals surface area contributed by atoms with Crippen LogP contribution in [0.4, 0.5) is 4.39 Å². The Morgan fingerprint density at radius 2 is 1.97 bits per heavy atom. The van der Waals surface area contributed by atoms with Gasteiger partial charge in [-0.15, -0.1) is 0 Å². The first kappa shape index (κ1) is 26.0. The van der Waals surface area contributed by atoms with Gasteiger partial charge in [-0.05, 0) is 24.5 Å². The monoisotopic (exact) mass is 521 g/mol. The van der Waals surface area contributed by atoms with E-state index in [0.29, 0.717) is 12.0 Å². The number of nitrogens with zero attached hydrogens (tertiary/aromatic N) is 3. The van der Waals surface area contributed by atoms with Gasteiger partial charge in [0.2, 0.25) is 15.8 Å². The molecule has 1 unspecified atom stereocenters. The van der Waals surface area contributed by atoms with E-state index in [1.165, 1.54) is 42.0 Å². The second kappa shape index (κ2) is 10.5. The molecule has 2 atom stereocenters. The van der Waals surface area contributed by atoms with Crippen molar-refractivity contribution in [2.75, 3.05) is 32.6 Å². The van der Waals surface area contributed by atoms with E-state index in [1.54, 1.807) is 0 Å². The molecule has 12 heteroatoms. The minimum Gasteiger partial charge on any atom is -0.501 e. The van der Waals surface area contributed by atoms with Crippen LogP contribution in [0.25, 0.3) is 0 Å². The molecule has 2 aliphatic rings. The molecule has 0 saturated heterocycles. The molecule has 0 aliphatic carbocycles.